The Morgan fingerprint density at radius 2 is 1.72 bits per heavy atom. The maximum atomic E-state index is 12.7. The van der Waals surface area contributed by atoms with Crippen LogP contribution < -0.4 is 4.74 Å². The molecule has 5 nitrogen and oxygen atoms in total. The molecule has 0 bridgehead atoms. The minimum absolute atomic E-state index is 0.00346. The molecule has 0 radical (unpaired) electrons. The highest BCUT2D eigenvalue weighted by Gasteiger charge is 2.31. The summed E-state index contributed by atoms with van der Waals surface area (Å²) in [6.07, 6.45) is -8.37. The number of hydrogen-bond donors (Lipinski definition) is 0. The van der Waals surface area contributed by atoms with Crippen LogP contribution in [0.15, 0.2) is 24.3 Å². The number of hydrogen-bond acceptors (Lipinski definition) is 4. The molecule has 1 amide bonds. The first-order valence-corrected chi connectivity index (χ1v) is 8.99. The van der Waals surface area contributed by atoms with Crippen molar-refractivity contribution in [2.75, 3.05) is 52.5 Å². The van der Waals surface area contributed by atoms with Gasteiger partial charge in [0.25, 0.3) is 5.91 Å². The lowest BCUT2D eigenvalue weighted by Gasteiger charge is -2.34. The van der Waals surface area contributed by atoms with E-state index in [0.29, 0.717) is 39.1 Å². The van der Waals surface area contributed by atoms with Crippen molar-refractivity contribution in [2.24, 2.45) is 0 Å². The molecule has 0 aliphatic carbocycles. The third-order valence-corrected chi connectivity index (χ3v) is 4.28. The fourth-order valence-electron chi connectivity index (χ4n) is 2.80. The van der Waals surface area contributed by atoms with E-state index in [4.69, 9.17) is 4.74 Å². The minimum Gasteiger partial charge on any atom is -0.484 e. The van der Waals surface area contributed by atoms with E-state index in [1.54, 1.807) is 4.90 Å². The number of carbonyl (C=O) groups is 1. The Labute approximate surface area is 164 Å². The maximum Gasteiger partial charge on any atom is 0.416 e. The van der Waals surface area contributed by atoms with Crippen molar-refractivity contribution in [3.8, 4) is 5.75 Å². The summed E-state index contributed by atoms with van der Waals surface area (Å²) < 4.78 is 83.7. The standard InChI is InChI=1S/C18H22F6N2O3/c19-17(20,21)13-28-10-2-5-25-6-8-26(9-7-25)16(27)12-29-15-4-1-3-14(11-15)18(22,23)24/h1,3-4,11H,2,5-10,12-13H2. The van der Waals surface area contributed by atoms with E-state index in [9.17, 15) is 31.1 Å². The fourth-order valence-corrected chi connectivity index (χ4v) is 2.80. The smallest absolute Gasteiger partial charge is 0.416 e. The largest absolute Gasteiger partial charge is 0.484 e. The lowest BCUT2D eigenvalue weighted by Crippen LogP contribution is -2.50. The van der Waals surface area contributed by atoms with E-state index in [0.717, 1.165) is 12.1 Å². The van der Waals surface area contributed by atoms with Crippen LogP contribution in [-0.4, -0.2) is 74.4 Å². The molecule has 0 aromatic heterocycles. The Balaban J connectivity index is 1.66. The summed E-state index contributed by atoms with van der Waals surface area (Å²) in [5.74, 6) is -0.374. The zero-order chi connectivity index (χ0) is 21.5. The van der Waals surface area contributed by atoms with Gasteiger partial charge < -0.3 is 14.4 Å². The minimum atomic E-state index is -4.49. The molecule has 164 valence electrons. The Morgan fingerprint density at radius 1 is 1.03 bits per heavy atom. The van der Waals surface area contributed by atoms with Crippen molar-refractivity contribution in [1.82, 2.24) is 9.80 Å². The van der Waals surface area contributed by atoms with Crippen molar-refractivity contribution in [1.29, 1.82) is 0 Å². The van der Waals surface area contributed by atoms with Gasteiger partial charge in [-0.1, -0.05) is 6.07 Å². The molecule has 29 heavy (non-hydrogen) atoms. The SMILES string of the molecule is O=C(COc1cccc(C(F)(F)F)c1)N1CCN(CCCOCC(F)(F)F)CC1. The van der Waals surface area contributed by atoms with E-state index in [1.807, 2.05) is 4.90 Å². The lowest BCUT2D eigenvalue weighted by atomic mass is 10.2. The highest BCUT2D eigenvalue weighted by molar-refractivity contribution is 5.77. The first-order valence-electron chi connectivity index (χ1n) is 8.99. The van der Waals surface area contributed by atoms with Crippen molar-refractivity contribution in [3.05, 3.63) is 29.8 Å². The van der Waals surface area contributed by atoms with E-state index >= 15 is 0 Å². The van der Waals surface area contributed by atoms with Crippen LogP contribution in [0.25, 0.3) is 0 Å². The van der Waals surface area contributed by atoms with E-state index < -0.39 is 24.5 Å². The Bertz CT molecular complexity index is 658. The third-order valence-electron chi connectivity index (χ3n) is 4.28. The van der Waals surface area contributed by atoms with E-state index in [-0.39, 0.29) is 24.9 Å². The summed E-state index contributed by atoms with van der Waals surface area (Å²) in [6.45, 7) is 0.851. The summed E-state index contributed by atoms with van der Waals surface area (Å²) in [5.41, 5.74) is -0.852. The molecule has 1 saturated heterocycles. The fraction of sp³-hybridized carbons (Fsp3) is 0.611. The van der Waals surface area contributed by atoms with Crippen LogP contribution in [0.1, 0.15) is 12.0 Å². The second-order valence-electron chi connectivity index (χ2n) is 6.56. The van der Waals surface area contributed by atoms with Crippen LogP contribution in [0.2, 0.25) is 0 Å². The number of nitrogens with zero attached hydrogens (tertiary/aromatic N) is 2. The Kier molecular flexibility index (Phi) is 8.14. The van der Waals surface area contributed by atoms with Gasteiger partial charge in [-0.2, -0.15) is 26.3 Å². The number of ether oxygens (including phenoxy) is 2. The summed E-state index contributed by atoms with van der Waals surface area (Å²) in [4.78, 5) is 15.7. The maximum absolute atomic E-state index is 12.7. The van der Waals surface area contributed by atoms with Gasteiger partial charge in [0.05, 0.1) is 5.56 Å². The second kappa shape index (κ2) is 10.1. The van der Waals surface area contributed by atoms with Gasteiger partial charge in [0.2, 0.25) is 0 Å². The van der Waals surface area contributed by atoms with Crippen molar-refractivity contribution >= 4 is 5.91 Å². The van der Waals surface area contributed by atoms with Gasteiger partial charge in [0, 0.05) is 39.3 Å². The van der Waals surface area contributed by atoms with Crippen LogP contribution in [0, 0.1) is 0 Å². The first kappa shape index (κ1) is 23.3. The average molecular weight is 428 g/mol. The molecule has 0 saturated carbocycles. The molecular formula is C18H22F6N2O3. The second-order valence-corrected chi connectivity index (χ2v) is 6.56. The molecule has 0 atom stereocenters. The number of rotatable bonds is 8. The summed E-state index contributed by atoms with van der Waals surface area (Å²) in [6, 6.07) is 4.31. The predicted molar refractivity (Wildman–Crippen MR) is 91.5 cm³/mol. The number of halogens is 6. The Morgan fingerprint density at radius 3 is 2.34 bits per heavy atom. The van der Waals surface area contributed by atoms with Crippen LogP contribution in [0.3, 0.4) is 0 Å². The number of piperazine rings is 1. The molecule has 11 heteroatoms. The lowest BCUT2D eigenvalue weighted by molar-refractivity contribution is -0.174. The normalized spacial score (nSPS) is 16.1. The molecule has 1 aliphatic rings. The molecule has 1 heterocycles. The van der Waals surface area contributed by atoms with Gasteiger partial charge >= 0.3 is 12.4 Å². The van der Waals surface area contributed by atoms with Crippen LogP contribution in [-0.2, 0) is 15.7 Å². The van der Waals surface area contributed by atoms with E-state index in [1.165, 1.54) is 12.1 Å². The van der Waals surface area contributed by atoms with Gasteiger partial charge in [-0.15, -0.1) is 0 Å². The Hall–Kier alpha value is -2.01. The van der Waals surface area contributed by atoms with Gasteiger partial charge in [-0.25, -0.2) is 0 Å². The number of alkyl halides is 6. The molecule has 1 aromatic rings. The molecule has 0 unspecified atom stereocenters. The summed E-state index contributed by atoms with van der Waals surface area (Å²) in [7, 11) is 0. The number of benzene rings is 1. The van der Waals surface area contributed by atoms with Crippen molar-refractivity contribution in [3.63, 3.8) is 0 Å². The first-order chi connectivity index (χ1) is 13.5. The molecule has 0 spiro atoms. The summed E-state index contributed by atoms with van der Waals surface area (Å²) >= 11 is 0. The van der Waals surface area contributed by atoms with Crippen LogP contribution in [0.4, 0.5) is 26.3 Å². The van der Waals surface area contributed by atoms with Crippen LogP contribution >= 0.6 is 0 Å². The topological polar surface area (TPSA) is 42.0 Å². The third kappa shape index (κ3) is 8.48. The molecule has 1 aromatic carbocycles. The summed E-state index contributed by atoms with van der Waals surface area (Å²) in [5, 5.41) is 0. The zero-order valence-corrected chi connectivity index (χ0v) is 15.6. The number of amides is 1. The van der Waals surface area contributed by atoms with Gasteiger partial charge in [-0.05, 0) is 24.6 Å². The van der Waals surface area contributed by atoms with Crippen molar-refractivity contribution in [2.45, 2.75) is 18.8 Å². The highest BCUT2D eigenvalue weighted by Crippen LogP contribution is 2.31. The monoisotopic (exact) mass is 428 g/mol. The molecular weight excluding hydrogens is 406 g/mol. The quantitative estimate of drug-likeness (QED) is 0.471. The zero-order valence-electron chi connectivity index (χ0n) is 15.6. The van der Waals surface area contributed by atoms with Gasteiger partial charge in [0.15, 0.2) is 6.61 Å². The molecule has 1 aliphatic heterocycles. The molecule has 0 N–H and O–H groups in total. The predicted octanol–water partition coefficient (Wildman–Crippen LogP) is 3.20. The van der Waals surface area contributed by atoms with Gasteiger partial charge in [-0.3, -0.25) is 9.69 Å². The van der Waals surface area contributed by atoms with Crippen LogP contribution in [0.5, 0.6) is 5.75 Å². The molecule has 1 fully saturated rings. The number of carbonyl (C=O) groups excluding carboxylic acids is 1. The highest BCUT2D eigenvalue weighted by atomic mass is 19.4. The van der Waals surface area contributed by atoms with E-state index in [2.05, 4.69) is 4.74 Å². The van der Waals surface area contributed by atoms with Gasteiger partial charge in [0.1, 0.15) is 12.4 Å². The average Bonchev–Trinajstić information content (AvgIpc) is 2.65. The van der Waals surface area contributed by atoms with Crippen molar-refractivity contribution < 1.29 is 40.6 Å². The molecule has 2 rings (SSSR count).